The number of benzene rings is 1. The fraction of sp³-hybridized carbons (Fsp3) is 0.571. The van der Waals surface area contributed by atoms with E-state index in [0.29, 0.717) is 24.1 Å². The molecule has 4 nitrogen and oxygen atoms in total. The van der Waals surface area contributed by atoms with Gasteiger partial charge in [-0.15, -0.1) is 0 Å². The summed E-state index contributed by atoms with van der Waals surface area (Å²) in [6.45, 7) is 5.86. The summed E-state index contributed by atoms with van der Waals surface area (Å²) in [5.41, 5.74) is -0.339. The van der Waals surface area contributed by atoms with Crippen LogP contribution in [0.3, 0.4) is 0 Å². The predicted octanol–water partition coefficient (Wildman–Crippen LogP) is 3.49. The summed E-state index contributed by atoms with van der Waals surface area (Å²) >= 11 is 0. The molecule has 0 saturated carbocycles. The second-order valence-electron chi connectivity index (χ2n) is 6.92. The van der Waals surface area contributed by atoms with Crippen molar-refractivity contribution in [3.05, 3.63) is 35.4 Å². The fourth-order valence-electron chi connectivity index (χ4n) is 3.12. The minimum atomic E-state index is -4.35. The first-order valence-corrected chi connectivity index (χ1v) is 9.78. The highest BCUT2D eigenvalue weighted by Gasteiger charge is 2.30. The molecule has 0 spiro atoms. The Morgan fingerprint density at radius 3 is 2.68 bits per heavy atom. The molecule has 154 valence electrons. The number of nitrogens with zero attached hydrogens (tertiary/aromatic N) is 2. The van der Waals surface area contributed by atoms with Crippen molar-refractivity contribution in [3.63, 3.8) is 0 Å². The Labute approximate surface area is 165 Å². The number of nitrogens with one attached hydrogen (secondary N) is 2. The SMILES string of the molecule is CCCCN1CCC(NC(=NC)NCC#Cc2cccc(C(F)(F)F)c2)CC1. The van der Waals surface area contributed by atoms with Crippen LogP contribution in [0.4, 0.5) is 13.2 Å². The molecule has 2 rings (SSSR count). The minimum absolute atomic E-state index is 0.311. The average Bonchev–Trinajstić information content (AvgIpc) is 2.69. The monoisotopic (exact) mass is 394 g/mol. The summed E-state index contributed by atoms with van der Waals surface area (Å²) in [5.74, 6) is 6.29. The van der Waals surface area contributed by atoms with Gasteiger partial charge in [-0.1, -0.05) is 31.3 Å². The smallest absolute Gasteiger partial charge is 0.354 e. The Kier molecular flexibility index (Phi) is 8.65. The van der Waals surface area contributed by atoms with Crippen LogP contribution in [0.2, 0.25) is 0 Å². The Hall–Kier alpha value is -2.20. The number of rotatable bonds is 5. The number of alkyl halides is 3. The van der Waals surface area contributed by atoms with Gasteiger partial charge in [0.1, 0.15) is 0 Å². The Morgan fingerprint density at radius 2 is 2.04 bits per heavy atom. The zero-order chi connectivity index (χ0) is 20.4. The Morgan fingerprint density at radius 1 is 1.29 bits per heavy atom. The van der Waals surface area contributed by atoms with E-state index in [9.17, 15) is 13.2 Å². The number of piperidine rings is 1. The van der Waals surface area contributed by atoms with Crippen LogP contribution in [0.25, 0.3) is 0 Å². The lowest BCUT2D eigenvalue weighted by atomic mass is 10.0. The summed E-state index contributed by atoms with van der Waals surface area (Å²) in [6.07, 6.45) is 0.247. The van der Waals surface area contributed by atoms with Gasteiger partial charge in [-0.2, -0.15) is 13.2 Å². The summed E-state index contributed by atoms with van der Waals surface area (Å²) in [6, 6.07) is 5.42. The van der Waals surface area contributed by atoms with E-state index in [0.717, 1.165) is 38.1 Å². The highest BCUT2D eigenvalue weighted by Crippen LogP contribution is 2.29. The molecule has 1 heterocycles. The second kappa shape index (κ2) is 11.0. The lowest BCUT2D eigenvalue weighted by molar-refractivity contribution is -0.137. The topological polar surface area (TPSA) is 39.7 Å². The van der Waals surface area contributed by atoms with Crippen LogP contribution in [0.15, 0.2) is 29.3 Å². The van der Waals surface area contributed by atoms with Crippen molar-refractivity contribution in [1.29, 1.82) is 0 Å². The first-order valence-electron chi connectivity index (χ1n) is 9.78. The van der Waals surface area contributed by atoms with E-state index < -0.39 is 11.7 Å². The molecule has 0 radical (unpaired) electrons. The number of halogens is 3. The molecule has 0 atom stereocenters. The van der Waals surface area contributed by atoms with E-state index >= 15 is 0 Å². The summed E-state index contributed by atoms with van der Waals surface area (Å²) in [4.78, 5) is 6.70. The normalized spacial score (nSPS) is 16.4. The molecule has 0 unspecified atom stereocenters. The van der Waals surface area contributed by atoms with Crippen molar-refractivity contribution in [3.8, 4) is 11.8 Å². The third kappa shape index (κ3) is 7.43. The molecule has 1 aromatic carbocycles. The van der Waals surface area contributed by atoms with Gasteiger partial charge in [-0.25, -0.2) is 0 Å². The van der Waals surface area contributed by atoms with E-state index in [-0.39, 0.29) is 0 Å². The molecular formula is C21H29F3N4. The van der Waals surface area contributed by atoms with Crippen LogP contribution >= 0.6 is 0 Å². The Balaban J connectivity index is 1.78. The molecule has 1 aliphatic heterocycles. The van der Waals surface area contributed by atoms with Crippen LogP contribution in [-0.4, -0.2) is 50.1 Å². The van der Waals surface area contributed by atoms with Crippen molar-refractivity contribution in [2.24, 2.45) is 4.99 Å². The molecule has 1 aliphatic rings. The molecule has 1 saturated heterocycles. The molecule has 0 bridgehead atoms. The molecule has 7 heteroatoms. The molecule has 0 amide bonds. The largest absolute Gasteiger partial charge is 0.416 e. The van der Waals surface area contributed by atoms with E-state index in [2.05, 4.69) is 39.3 Å². The highest BCUT2D eigenvalue weighted by molar-refractivity contribution is 5.80. The van der Waals surface area contributed by atoms with Gasteiger partial charge < -0.3 is 15.5 Å². The molecule has 0 aliphatic carbocycles. The van der Waals surface area contributed by atoms with Crippen molar-refractivity contribution in [1.82, 2.24) is 15.5 Å². The quantitative estimate of drug-likeness (QED) is 0.456. The van der Waals surface area contributed by atoms with Crippen molar-refractivity contribution in [2.45, 2.75) is 44.8 Å². The van der Waals surface area contributed by atoms with Gasteiger partial charge in [0.2, 0.25) is 0 Å². The minimum Gasteiger partial charge on any atom is -0.354 e. The lowest BCUT2D eigenvalue weighted by Gasteiger charge is -2.32. The number of guanidine groups is 1. The number of hydrogen-bond donors (Lipinski definition) is 2. The number of aliphatic imine (C=N–C) groups is 1. The van der Waals surface area contributed by atoms with Gasteiger partial charge in [0.05, 0.1) is 12.1 Å². The number of unbranched alkanes of at least 4 members (excludes halogenated alkanes) is 1. The molecular weight excluding hydrogens is 365 g/mol. The van der Waals surface area contributed by atoms with Gasteiger partial charge in [-0.05, 0) is 44.0 Å². The molecule has 2 N–H and O–H groups in total. The maximum atomic E-state index is 12.7. The Bertz CT molecular complexity index is 696. The predicted molar refractivity (Wildman–Crippen MR) is 107 cm³/mol. The summed E-state index contributed by atoms with van der Waals surface area (Å²) in [7, 11) is 1.70. The molecule has 0 aromatic heterocycles. The summed E-state index contributed by atoms with van der Waals surface area (Å²) < 4.78 is 38.2. The average molecular weight is 394 g/mol. The van der Waals surface area contributed by atoms with E-state index in [1.165, 1.54) is 25.5 Å². The first kappa shape index (κ1) is 22.1. The van der Waals surface area contributed by atoms with E-state index in [1.54, 1.807) is 13.1 Å². The third-order valence-electron chi connectivity index (χ3n) is 4.75. The first-order chi connectivity index (χ1) is 13.4. The van der Waals surface area contributed by atoms with Crippen molar-refractivity contribution in [2.75, 3.05) is 33.2 Å². The second-order valence-corrected chi connectivity index (χ2v) is 6.92. The van der Waals surface area contributed by atoms with Crippen molar-refractivity contribution >= 4 is 5.96 Å². The molecule has 28 heavy (non-hydrogen) atoms. The highest BCUT2D eigenvalue weighted by atomic mass is 19.4. The number of hydrogen-bond acceptors (Lipinski definition) is 2. The molecule has 1 aromatic rings. The van der Waals surface area contributed by atoms with Crippen LogP contribution in [0.5, 0.6) is 0 Å². The fourth-order valence-corrected chi connectivity index (χ4v) is 3.12. The molecule has 1 fully saturated rings. The van der Waals surface area contributed by atoms with E-state index in [4.69, 9.17) is 0 Å². The maximum Gasteiger partial charge on any atom is 0.416 e. The lowest BCUT2D eigenvalue weighted by Crippen LogP contribution is -2.48. The van der Waals surface area contributed by atoms with Crippen LogP contribution in [0.1, 0.15) is 43.7 Å². The van der Waals surface area contributed by atoms with E-state index in [1.807, 2.05) is 0 Å². The zero-order valence-corrected chi connectivity index (χ0v) is 16.6. The number of likely N-dealkylation sites (tertiary alicyclic amines) is 1. The maximum absolute atomic E-state index is 12.7. The van der Waals surface area contributed by atoms with Crippen LogP contribution < -0.4 is 10.6 Å². The van der Waals surface area contributed by atoms with Gasteiger partial charge >= 0.3 is 6.18 Å². The third-order valence-corrected chi connectivity index (χ3v) is 4.75. The van der Waals surface area contributed by atoms with Gasteiger partial charge in [0.15, 0.2) is 5.96 Å². The summed E-state index contributed by atoms with van der Waals surface area (Å²) in [5, 5.41) is 6.51. The van der Waals surface area contributed by atoms with Crippen LogP contribution in [-0.2, 0) is 6.18 Å². The van der Waals surface area contributed by atoms with Crippen LogP contribution in [0, 0.1) is 11.8 Å². The van der Waals surface area contributed by atoms with Gasteiger partial charge in [0.25, 0.3) is 0 Å². The van der Waals surface area contributed by atoms with Gasteiger partial charge in [0, 0.05) is 31.7 Å². The zero-order valence-electron chi connectivity index (χ0n) is 16.6. The standard InChI is InChI=1S/C21H29F3N4/c1-3-4-13-28-14-10-19(11-15-28)27-20(25-2)26-12-6-8-17-7-5-9-18(16-17)21(22,23)24/h5,7,9,16,19H,3-4,10-15H2,1-2H3,(H2,25,26,27). The van der Waals surface area contributed by atoms with Crippen molar-refractivity contribution < 1.29 is 13.2 Å². The van der Waals surface area contributed by atoms with Gasteiger partial charge in [-0.3, -0.25) is 4.99 Å².